The molecule has 14 heavy (non-hydrogen) atoms. The van der Waals surface area contributed by atoms with Gasteiger partial charge in [-0.15, -0.1) is 0 Å². The molecule has 0 aliphatic rings. The van der Waals surface area contributed by atoms with E-state index in [1.54, 1.807) is 0 Å². The van der Waals surface area contributed by atoms with Crippen molar-refractivity contribution in [2.75, 3.05) is 6.54 Å². The Hall–Kier alpha value is -1.39. The minimum absolute atomic E-state index is 0.0944. The van der Waals surface area contributed by atoms with Crippen molar-refractivity contribution in [1.29, 1.82) is 0 Å². The minimum Gasteiger partial charge on any atom is -0.342 e. The smallest absolute Gasteiger partial charge is 0.104 e. The van der Waals surface area contributed by atoms with Crippen molar-refractivity contribution in [1.82, 2.24) is 9.97 Å². The molecule has 4 nitrogen and oxygen atoms in total. The fourth-order valence-electron chi connectivity index (χ4n) is 1.52. The SMILES string of the molecule is Cc1nc2ccc(C(N)CN)cc2[nH]1. The van der Waals surface area contributed by atoms with Gasteiger partial charge in [0.25, 0.3) is 0 Å². The molecular weight excluding hydrogens is 176 g/mol. The zero-order chi connectivity index (χ0) is 10.1. The van der Waals surface area contributed by atoms with Gasteiger partial charge in [0, 0.05) is 12.6 Å². The Morgan fingerprint density at radius 3 is 3.00 bits per heavy atom. The maximum Gasteiger partial charge on any atom is 0.104 e. The van der Waals surface area contributed by atoms with E-state index >= 15 is 0 Å². The Bertz CT molecular complexity index is 446. The molecule has 1 aromatic heterocycles. The highest BCUT2D eigenvalue weighted by molar-refractivity contribution is 5.75. The molecule has 0 saturated carbocycles. The molecule has 1 atom stereocenters. The molecule has 2 rings (SSSR count). The van der Waals surface area contributed by atoms with Gasteiger partial charge < -0.3 is 16.5 Å². The van der Waals surface area contributed by atoms with Crippen LogP contribution in [0.25, 0.3) is 11.0 Å². The highest BCUT2D eigenvalue weighted by Crippen LogP contribution is 2.16. The first-order valence-electron chi connectivity index (χ1n) is 4.62. The zero-order valence-corrected chi connectivity index (χ0v) is 8.12. The van der Waals surface area contributed by atoms with Gasteiger partial charge in [0.1, 0.15) is 5.82 Å². The summed E-state index contributed by atoms with van der Waals surface area (Å²) in [7, 11) is 0. The average Bonchev–Trinajstić information content (AvgIpc) is 2.55. The van der Waals surface area contributed by atoms with E-state index in [1.807, 2.05) is 25.1 Å². The lowest BCUT2D eigenvalue weighted by Crippen LogP contribution is -2.20. The fraction of sp³-hybridized carbons (Fsp3) is 0.300. The van der Waals surface area contributed by atoms with Gasteiger partial charge >= 0.3 is 0 Å². The molecule has 0 fully saturated rings. The van der Waals surface area contributed by atoms with Crippen LogP contribution in [0.4, 0.5) is 0 Å². The number of hydrogen-bond donors (Lipinski definition) is 3. The molecule has 0 spiro atoms. The van der Waals surface area contributed by atoms with Gasteiger partial charge in [-0.2, -0.15) is 0 Å². The maximum absolute atomic E-state index is 5.83. The molecule has 0 amide bonds. The third-order valence-corrected chi connectivity index (χ3v) is 2.31. The van der Waals surface area contributed by atoms with E-state index in [2.05, 4.69) is 9.97 Å². The number of H-pyrrole nitrogens is 1. The molecule has 0 aliphatic carbocycles. The third-order valence-electron chi connectivity index (χ3n) is 2.31. The van der Waals surface area contributed by atoms with Crippen LogP contribution in [-0.4, -0.2) is 16.5 Å². The number of aryl methyl sites for hydroxylation is 1. The monoisotopic (exact) mass is 190 g/mol. The van der Waals surface area contributed by atoms with Crippen molar-refractivity contribution in [2.24, 2.45) is 11.5 Å². The maximum atomic E-state index is 5.83. The van der Waals surface area contributed by atoms with Crippen molar-refractivity contribution >= 4 is 11.0 Å². The predicted octanol–water partition coefficient (Wildman–Crippen LogP) is 0.830. The lowest BCUT2D eigenvalue weighted by Gasteiger charge is -2.07. The number of fused-ring (bicyclic) bond motifs is 1. The second-order valence-corrected chi connectivity index (χ2v) is 3.44. The highest BCUT2D eigenvalue weighted by Gasteiger charge is 2.05. The predicted molar refractivity (Wildman–Crippen MR) is 56.8 cm³/mol. The van der Waals surface area contributed by atoms with E-state index in [0.29, 0.717) is 6.54 Å². The summed E-state index contributed by atoms with van der Waals surface area (Å²) in [6.45, 7) is 2.39. The Labute approximate surface area is 82.3 Å². The normalized spacial score (nSPS) is 13.4. The number of aromatic amines is 1. The van der Waals surface area contributed by atoms with Crippen molar-refractivity contribution < 1.29 is 0 Å². The van der Waals surface area contributed by atoms with E-state index in [9.17, 15) is 0 Å². The summed E-state index contributed by atoms with van der Waals surface area (Å²) in [5.41, 5.74) is 14.4. The van der Waals surface area contributed by atoms with Crippen molar-refractivity contribution in [2.45, 2.75) is 13.0 Å². The van der Waals surface area contributed by atoms with Crippen LogP contribution in [0.5, 0.6) is 0 Å². The molecule has 5 N–H and O–H groups in total. The standard InChI is InChI=1S/C10H14N4/c1-6-13-9-3-2-7(8(12)5-11)4-10(9)14-6/h2-4,8H,5,11-12H2,1H3,(H,13,14). The van der Waals surface area contributed by atoms with Gasteiger partial charge in [-0.05, 0) is 24.6 Å². The third kappa shape index (κ3) is 1.49. The second-order valence-electron chi connectivity index (χ2n) is 3.44. The van der Waals surface area contributed by atoms with Gasteiger partial charge in [-0.1, -0.05) is 6.07 Å². The zero-order valence-electron chi connectivity index (χ0n) is 8.12. The summed E-state index contributed by atoms with van der Waals surface area (Å²) in [5, 5.41) is 0. The van der Waals surface area contributed by atoms with E-state index < -0.39 is 0 Å². The summed E-state index contributed by atoms with van der Waals surface area (Å²) >= 11 is 0. The highest BCUT2D eigenvalue weighted by atomic mass is 14.9. The molecule has 1 unspecified atom stereocenters. The molecule has 1 heterocycles. The number of nitrogens with one attached hydrogen (secondary N) is 1. The Morgan fingerprint density at radius 1 is 1.50 bits per heavy atom. The summed E-state index contributed by atoms with van der Waals surface area (Å²) in [6, 6.07) is 5.85. The number of nitrogens with zero attached hydrogens (tertiary/aromatic N) is 1. The molecule has 0 radical (unpaired) electrons. The van der Waals surface area contributed by atoms with Gasteiger partial charge in [0.15, 0.2) is 0 Å². The first-order chi connectivity index (χ1) is 6.70. The van der Waals surface area contributed by atoms with Crippen LogP contribution < -0.4 is 11.5 Å². The number of rotatable bonds is 2. The molecule has 1 aromatic carbocycles. The quantitative estimate of drug-likeness (QED) is 0.656. The van der Waals surface area contributed by atoms with Crippen LogP contribution >= 0.6 is 0 Å². The molecule has 0 saturated heterocycles. The van der Waals surface area contributed by atoms with Crippen molar-refractivity contribution in [3.05, 3.63) is 29.6 Å². The number of aromatic nitrogens is 2. The number of nitrogens with two attached hydrogens (primary N) is 2. The number of benzene rings is 1. The first-order valence-corrected chi connectivity index (χ1v) is 4.62. The van der Waals surface area contributed by atoms with Crippen LogP contribution in [0.15, 0.2) is 18.2 Å². The van der Waals surface area contributed by atoms with E-state index in [1.165, 1.54) is 0 Å². The molecular formula is C10H14N4. The number of imidazole rings is 1. The summed E-state index contributed by atoms with van der Waals surface area (Å²) in [5.74, 6) is 0.915. The molecule has 0 aliphatic heterocycles. The Morgan fingerprint density at radius 2 is 2.29 bits per heavy atom. The molecule has 4 heteroatoms. The van der Waals surface area contributed by atoms with E-state index in [4.69, 9.17) is 11.5 Å². The Kier molecular flexibility index (Phi) is 2.23. The van der Waals surface area contributed by atoms with Crippen LogP contribution in [0.1, 0.15) is 17.4 Å². The minimum atomic E-state index is -0.0944. The Balaban J connectivity index is 2.50. The van der Waals surface area contributed by atoms with Crippen molar-refractivity contribution in [3.63, 3.8) is 0 Å². The van der Waals surface area contributed by atoms with Crippen LogP contribution in [-0.2, 0) is 0 Å². The lowest BCUT2D eigenvalue weighted by atomic mass is 10.1. The van der Waals surface area contributed by atoms with E-state index in [-0.39, 0.29) is 6.04 Å². The molecule has 2 aromatic rings. The van der Waals surface area contributed by atoms with E-state index in [0.717, 1.165) is 22.4 Å². The average molecular weight is 190 g/mol. The second kappa shape index (κ2) is 3.40. The summed E-state index contributed by atoms with van der Waals surface area (Å²) < 4.78 is 0. The van der Waals surface area contributed by atoms with Crippen LogP contribution in [0.3, 0.4) is 0 Å². The van der Waals surface area contributed by atoms with Gasteiger partial charge in [0.2, 0.25) is 0 Å². The van der Waals surface area contributed by atoms with Gasteiger partial charge in [-0.25, -0.2) is 4.98 Å². The summed E-state index contributed by atoms with van der Waals surface area (Å²) in [6.07, 6.45) is 0. The lowest BCUT2D eigenvalue weighted by molar-refractivity contribution is 0.738. The topological polar surface area (TPSA) is 80.7 Å². The van der Waals surface area contributed by atoms with Crippen LogP contribution in [0, 0.1) is 6.92 Å². The summed E-state index contributed by atoms with van der Waals surface area (Å²) in [4.78, 5) is 7.48. The van der Waals surface area contributed by atoms with Gasteiger partial charge in [-0.3, -0.25) is 0 Å². The molecule has 0 bridgehead atoms. The van der Waals surface area contributed by atoms with Crippen molar-refractivity contribution in [3.8, 4) is 0 Å². The van der Waals surface area contributed by atoms with Gasteiger partial charge in [0.05, 0.1) is 11.0 Å². The van der Waals surface area contributed by atoms with Crippen LogP contribution in [0.2, 0.25) is 0 Å². The fourth-order valence-corrected chi connectivity index (χ4v) is 1.52. The first kappa shape index (κ1) is 9.18. The number of hydrogen-bond acceptors (Lipinski definition) is 3. The largest absolute Gasteiger partial charge is 0.342 e. The molecule has 74 valence electrons.